The van der Waals surface area contributed by atoms with Crippen LogP contribution >= 0.6 is 0 Å². The number of fused-ring (bicyclic) bond motifs is 2. The molecule has 2 saturated heterocycles. The smallest absolute Gasteiger partial charge is 0.257 e. The van der Waals surface area contributed by atoms with E-state index in [2.05, 4.69) is 10.1 Å². The SMILES string of the molecule is Nc1ccc(-c2nc(C3CC4CCC3O4)no2)cc1. The number of rotatable bonds is 2. The molecule has 2 fully saturated rings. The standard InChI is InChI=1S/C14H15N3O2/c15-9-3-1-8(2-4-9)14-16-13(17-19-14)11-7-10-5-6-12(11)18-10/h1-4,10-12H,5-7,15H2. The molecule has 19 heavy (non-hydrogen) atoms. The lowest BCUT2D eigenvalue weighted by Gasteiger charge is -2.13. The van der Waals surface area contributed by atoms with E-state index in [9.17, 15) is 0 Å². The maximum Gasteiger partial charge on any atom is 0.257 e. The van der Waals surface area contributed by atoms with Gasteiger partial charge in [0.15, 0.2) is 5.82 Å². The monoisotopic (exact) mass is 257 g/mol. The molecule has 3 atom stereocenters. The van der Waals surface area contributed by atoms with Gasteiger partial charge >= 0.3 is 0 Å². The molecule has 2 N–H and O–H groups in total. The highest BCUT2D eigenvalue weighted by Gasteiger charge is 2.43. The first-order chi connectivity index (χ1) is 9.29. The molecular weight excluding hydrogens is 242 g/mol. The van der Waals surface area contributed by atoms with Crippen LogP contribution in [0.3, 0.4) is 0 Å². The second-order valence-corrected chi connectivity index (χ2v) is 5.30. The highest BCUT2D eigenvalue weighted by Crippen LogP contribution is 2.43. The van der Waals surface area contributed by atoms with Gasteiger partial charge in [0.1, 0.15) is 0 Å². The fourth-order valence-corrected chi connectivity index (χ4v) is 3.04. The number of hydrogen-bond donors (Lipinski definition) is 1. The molecule has 1 aromatic heterocycles. The average Bonchev–Trinajstić information content (AvgIpc) is 3.15. The predicted octanol–water partition coefficient (Wildman–Crippen LogP) is 2.35. The van der Waals surface area contributed by atoms with E-state index in [4.69, 9.17) is 15.0 Å². The van der Waals surface area contributed by atoms with Crippen molar-refractivity contribution in [2.45, 2.75) is 37.4 Å². The van der Waals surface area contributed by atoms with Crippen LogP contribution in [-0.2, 0) is 4.74 Å². The van der Waals surface area contributed by atoms with Crippen LogP contribution < -0.4 is 5.73 Å². The van der Waals surface area contributed by atoms with Crippen molar-refractivity contribution in [1.29, 1.82) is 0 Å². The Morgan fingerprint density at radius 2 is 2.00 bits per heavy atom. The first kappa shape index (κ1) is 11.0. The number of nitrogens with zero attached hydrogens (tertiary/aromatic N) is 2. The zero-order valence-corrected chi connectivity index (χ0v) is 10.5. The van der Waals surface area contributed by atoms with E-state index in [1.807, 2.05) is 24.3 Å². The van der Waals surface area contributed by atoms with Crippen LogP contribution in [0.25, 0.3) is 11.5 Å². The number of nitrogens with two attached hydrogens (primary N) is 1. The molecule has 98 valence electrons. The fourth-order valence-electron chi connectivity index (χ4n) is 3.04. The number of hydrogen-bond acceptors (Lipinski definition) is 5. The minimum Gasteiger partial charge on any atom is -0.399 e. The lowest BCUT2D eigenvalue weighted by Crippen LogP contribution is -2.15. The van der Waals surface area contributed by atoms with Gasteiger partial charge in [-0.3, -0.25) is 0 Å². The molecule has 2 bridgehead atoms. The molecule has 0 spiro atoms. The Labute approximate surface area is 110 Å². The lowest BCUT2D eigenvalue weighted by molar-refractivity contribution is 0.0996. The summed E-state index contributed by atoms with van der Waals surface area (Å²) < 4.78 is 11.2. The van der Waals surface area contributed by atoms with Gasteiger partial charge < -0.3 is 15.0 Å². The molecule has 0 saturated carbocycles. The second kappa shape index (κ2) is 4.06. The zero-order valence-electron chi connectivity index (χ0n) is 10.5. The summed E-state index contributed by atoms with van der Waals surface area (Å²) in [6, 6.07) is 7.45. The van der Waals surface area contributed by atoms with E-state index in [1.165, 1.54) is 6.42 Å². The molecule has 0 radical (unpaired) electrons. The van der Waals surface area contributed by atoms with Gasteiger partial charge in [-0.1, -0.05) is 5.16 Å². The van der Waals surface area contributed by atoms with Crippen LogP contribution in [0.15, 0.2) is 28.8 Å². The summed E-state index contributed by atoms with van der Waals surface area (Å²) in [5, 5.41) is 4.12. The van der Waals surface area contributed by atoms with Gasteiger partial charge in [0, 0.05) is 11.3 Å². The Bertz CT molecular complexity index is 593. The van der Waals surface area contributed by atoms with Gasteiger partial charge in [-0.2, -0.15) is 4.98 Å². The van der Waals surface area contributed by atoms with Crippen LogP contribution in [0.5, 0.6) is 0 Å². The maximum atomic E-state index is 5.83. The normalized spacial score (nSPS) is 28.9. The van der Waals surface area contributed by atoms with Crippen LogP contribution in [0.4, 0.5) is 5.69 Å². The van der Waals surface area contributed by atoms with Crippen molar-refractivity contribution in [3.63, 3.8) is 0 Å². The minimum absolute atomic E-state index is 0.280. The number of benzene rings is 1. The topological polar surface area (TPSA) is 74.2 Å². The quantitative estimate of drug-likeness (QED) is 0.836. The second-order valence-electron chi connectivity index (χ2n) is 5.30. The first-order valence-electron chi connectivity index (χ1n) is 6.64. The number of anilines is 1. The zero-order chi connectivity index (χ0) is 12.8. The van der Waals surface area contributed by atoms with E-state index in [0.717, 1.165) is 29.9 Å². The van der Waals surface area contributed by atoms with E-state index in [1.54, 1.807) is 0 Å². The number of ether oxygens (including phenoxy) is 1. The predicted molar refractivity (Wildman–Crippen MR) is 69.4 cm³/mol. The van der Waals surface area contributed by atoms with Crippen molar-refractivity contribution >= 4 is 5.69 Å². The fraction of sp³-hybridized carbons (Fsp3) is 0.429. The average molecular weight is 257 g/mol. The molecule has 2 aromatic rings. The summed E-state index contributed by atoms with van der Waals surface area (Å²) in [4.78, 5) is 4.51. The van der Waals surface area contributed by atoms with E-state index in [-0.39, 0.29) is 6.10 Å². The van der Waals surface area contributed by atoms with Crippen molar-refractivity contribution in [2.75, 3.05) is 5.73 Å². The Balaban J connectivity index is 1.61. The van der Waals surface area contributed by atoms with Gasteiger partial charge in [0.05, 0.1) is 18.1 Å². The first-order valence-corrected chi connectivity index (χ1v) is 6.64. The minimum atomic E-state index is 0.280. The summed E-state index contributed by atoms with van der Waals surface area (Å²) in [5.74, 6) is 1.63. The van der Waals surface area contributed by atoms with Crippen LogP contribution in [0, 0.1) is 0 Å². The van der Waals surface area contributed by atoms with Crippen molar-refractivity contribution in [1.82, 2.24) is 10.1 Å². The molecule has 0 amide bonds. The Hall–Kier alpha value is -1.88. The van der Waals surface area contributed by atoms with Crippen LogP contribution in [0.2, 0.25) is 0 Å². The molecule has 2 aliphatic heterocycles. The largest absolute Gasteiger partial charge is 0.399 e. The summed E-state index contributed by atoms with van der Waals surface area (Å²) >= 11 is 0. The number of nitrogen functional groups attached to an aromatic ring is 1. The van der Waals surface area contributed by atoms with Crippen LogP contribution in [0.1, 0.15) is 31.0 Å². The van der Waals surface area contributed by atoms with Gasteiger partial charge in [-0.25, -0.2) is 0 Å². The van der Waals surface area contributed by atoms with Crippen molar-refractivity contribution in [2.24, 2.45) is 0 Å². The molecule has 0 aliphatic carbocycles. The molecule has 1 aromatic carbocycles. The van der Waals surface area contributed by atoms with Gasteiger partial charge in [-0.05, 0) is 43.5 Å². The van der Waals surface area contributed by atoms with E-state index < -0.39 is 0 Å². The molecule has 5 heteroatoms. The van der Waals surface area contributed by atoms with Crippen molar-refractivity contribution in [3.05, 3.63) is 30.1 Å². The third-order valence-electron chi connectivity index (χ3n) is 4.04. The Morgan fingerprint density at radius 1 is 1.16 bits per heavy atom. The lowest BCUT2D eigenvalue weighted by atomic mass is 9.89. The Kier molecular flexibility index (Phi) is 2.35. The molecular formula is C14H15N3O2. The highest BCUT2D eigenvalue weighted by molar-refractivity contribution is 5.56. The van der Waals surface area contributed by atoms with Crippen molar-refractivity contribution < 1.29 is 9.26 Å². The molecule has 3 heterocycles. The molecule has 5 nitrogen and oxygen atoms in total. The maximum absolute atomic E-state index is 5.83. The molecule has 3 unspecified atom stereocenters. The summed E-state index contributed by atoms with van der Waals surface area (Å²) in [5.41, 5.74) is 7.29. The van der Waals surface area contributed by atoms with Crippen LogP contribution in [-0.4, -0.2) is 22.3 Å². The summed E-state index contributed by atoms with van der Waals surface area (Å²) in [6.07, 6.45) is 3.98. The summed E-state index contributed by atoms with van der Waals surface area (Å²) in [6.45, 7) is 0. The van der Waals surface area contributed by atoms with Crippen molar-refractivity contribution in [3.8, 4) is 11.5 Å². The molecule has 2 aliphatic rings. The van der Waals surface area contributed by atoms with E-state index in [0.29, 0.717) is 17.9 Å². The van der Waals surface area contributed by atoms with Gasteiger partial charge in [0.2, 0.25) is 0 Å². The summed E-state index contributed by atoms with van der Waals surface area (Å²) in [7, 11) is 0. The molecule has 4 rings (SSSR count). The highest BCUT2D eigenvalue weighted by atomic mass is 16.5. The Morgan fingerprint density at radius 3 is 2.68 bits per heavy atom. The third kappa shape index (κ3) is 1.81. The van der Waals surface area contributed by atoms with E-state index >= 15 is 0 Å². The van der Waals surface area contributed by atoms with Gasteiger partial charge in [0.25, 0.3) is 5.89 Å². The van der Waals surface area contributed by atoms with Gasteiger partial charge in [-0.15, -0.1) is 0 Å². The third-order valence-corrected chi connectivity index (χ3v) is 4.04. The number of aromatic nitrogens is 2.